The van der Waals surface area contributed by atoms with Gasteiger partial charge in [-0.2, -0.15) is 0 Å². The topological polar surface area (TPSA) is 29.6 Å². The second kappa shape index (κ2) is 3.10. The molecule has 0 aromatic heterocycles. The maximum atomic E-state index is 12.0. The van der Waals surface area contributed by atoms with Gasteiger partial charge in [0.05, 0.1) is 0 Å². The number of rotatable bonds is 1. The molecule has 2 heteroatoms. The third kappa shape index (κ3) is 1.09. The first-order chi connectivity index (χ1) is 7.51. The average Bonchev–Trinajstić information content (AvgIpc) is 2.95. The number of carbonyl (C=O) groups excluding carboxylic acids is 1. The van der Waals surface area contributed by atoms with Crippen molar-refractivity contribution in [2.75, 3.05) is 0 Å². The summed E-state index contributed by atoms with van der Waals surface area (Å²) >= 11 is 0. The zero-order valence-electron chi connectivity index (χ0n) is 10.6. The summed E-state index contributed by atoms with van der Waals surface area (Å²) < 4.78 is 5.92. The lowest BCUT2D eigenvalue weighted by atomic mass is 9.52. The van der Waals surface area contributed by atoms with E-state index in [0.29, 0.717) is 17.6 Å². The minimum atomic E-state index is -0.0461. The first-order valence-corrected chi connectivity index (χ1v) is 6.72. The Morgan fingerprint density at radius 1 is 1.31 bits per heavy atom. The Balaban J connectivity index is 2.00. The summed E-state index contributed by atoms with van der Waals surface area (Å²) in [6.45, 7) is 6.89. The number of hydrogen-bond acceptors (Lipinski definition) is 2. The van der Waals surface area contributed by atoms with Crippen molar-refractivity contribution in [3.05, 3.63) is 0 Å². The lowest BCUT2D eigenvalue weighted by molar-refractivity contribution is -0.126. The van der Waals surface area contributed by atoms with E-state index in [1.54, 1.807) is 0 Å². The monoisotopic (exact) mass is 222 g/mol. The molecule has 4 atom stereocenters. The van der Waals surface area contributed by atoms with Crippen molar-refractivity contribution in [3.63, 3.8) is 0 Å². The van der Waals surface area contributed by atoms with E-state index >= 15 is 0 Å². The highest BCUT2D eigenvalue weighted by molar-refractivity contribution is 5.89. The van der Waals surface area contributed by atoms with Crippen molar-refractivity contribution in [1.82, 2.24) is 0 Å². The number of Topliss-reactive ketones (excluding diaryl/α,β-unsaturated/α-hetero) is 1. The molecule has 0 bridgehead atoms. The lowest BCUT2D eigenvalue weighted by Crippen LogP contribution is -2.53. The van der Waals surface area contributed by atoms with Gasteiger partial charge in [0.2, 0.25) is 0 Å². The van der Waals surface area contributed by atoms with Gasteiger partial charge in [-0.05, 0) is 24.7 Å². The standard InChI is InChI=1S/C14H22O2/c1-9(2)10-8-11(15)12-14(16-12)7-5-4-6-13(10,14)3/h9-10,12H,4-8H2,1-3H3/t10-,12-,13-,14-/m1/s1. The Labute approximate surface area is 97.7 Å². The van der Waals surface area contributed by atoms with Crippen LogP contribution < -0.4 is 0 Å². The first-order valence-electron chi connectivity index (χ1n) is 6.72. The van der Waals surface area contributed by atoms with Crippen LogP contribution >= 0.6 is 0 Å². The van der Waals surface area contributed by atoms with Crippen LogP contribution in [-0.2, 0) is 9.53 Å². The fourth-order valence-corrected chi connectivity index (χ4v) is 4.52. The van der Waals surface area contributed by atoms with Crippen LogP contribution in [0.4, 0.5) is 0 Å². The highest BCUT2D eigenvalue weighted by Gasteiger charge is 2.74. The zero-order valence-corrected chi connectivity index (χ0v) is 10.6. The van der Waals surface area contributed by atoms with E-state index in [0.717, 1.165) is 12.8 Å². The van der Waals surface area contributed by atoms with Gasteiger partial charge < -0.3 is 4.74 Å². The lowest BCUT2D eigenvalue weighted by Gasteiger charge is -2.49. The molecule has 0 aromatic rings. The van der Waals surface area contributed by atoms with Gasteiger partial charge in [-0.1, -0.05) is 33.6 Å². The van der Waals surface area contributed by atoms with Crippen LogP contribution in [0.25, 0.3) is 0 Å². The predicted molar refractivity (Wildman–Crippen MR) is 62.1 cm³/mol. The molecule has 2 aliphatic carbocycles. The molecule has 16 heavy (non-hydrogen) atoms. The predicted octanol–water partition coefficient (Wildman–Crippen LogP) is 2.95. The Morgan fingerprint density at radius 2 is 2.00 bits per heavy atom. The largest absolute Gasteiger partial charge is 0.357 e. The van der Waals surface area contributed by atoms with Gasteiger partial charge in [0.1, 0.15) is 11.7 Å². The molecule has 1 aliphatic heterocycles. The molecule has 1 saturated heterocycles. The number of carbonyl (C=O) groups is 1. The van der Waals surface area contributed by atoms with E-state index in [-0.39, 0.29) is 17.1 Å². The van der Waals surface area contributed by atoms with Crippen molar-refractivity contribution in [2.24, 2.45) is 17.3 Å². The van der Waals surface area contributed by atoms with Crippen LogP contribution in [0.15, 0.2) is 0 Å². The summed E-state index contributed by atoms with van der Waals surface area (Å²) in [5, 5.41) is 0. The summed E-state index contributed by atoms with van der Waals surface area (Å²) in [5.74, 6) is 1.49. The molecule has 0 aromatic carbocycles. The van der Waals surface area contributed by atoms with E-state index in [4.69, 9.17) is 4.74 Å². The Kier molecular flexibility index (Phi) is 2.08. The maximum Gasteiger partial charge on any atom is 0.164 e. The second-order valence-electron chi connectivity index (χ2n) is 6.53. The second-order valence-corrected chi connectivity index (χ2v) is 6.53. The number of hydrogen-bond donors (Lipinski definition) is 0. The molecular weight excluding hydrogens is 200 g/mol. The van der Waals surface area contributed by atoms with Crippen molar-refractivity contribution in [1.29, 1.82) is 0 Å². The fourth-order valence-electron chi connectivity index (χ4n) is 4.52. The van der Waals surface area contributed by atoms with Crippen molar-refractivity contribution in [3.8, 4) is 0 Å². The van der Waals surface area contributed by atoms with Gasteiger partial charge in [-0.15, -0.1) is 0 Å². The summed E-state index contributed by atoms with van der Waals surface area (Å²) in [6, 6.07) is 0. The van der Waals surface area contributed by atoms with Gasteiger partial charge in [0.15, 0.2) is 5.78 Å². The Morgan fingerprint density at radius 3 is 2.69 bits per heavy atom. The van der Waals surface area contributed by atoms with Gasteiger partial charge in [-0.25, -0.2) is 0 Å². The molecule has 2 nitrogen and oxygen atoms in total. The van der Waals surface area contributed by atoms with Crippen LogP contribution in [0.3, 0.4) is 0 Å². The highest BCUT2D eigenvalue weighted by Crippen LogP contribution is 2.66. The molecule has 0 radical (unpaired) electrons. The van der Waals surface area contributed by atoms with Crippen molar-refractivity contribution >= 4 is 5.78 Å². The van der Waals surface area contributed by atoms with E-state index in [1.165, 1.54) is 19.3 Å². The minimum Gasteiger partial charge on any atom is -0.357 e. The number of ether oxygens (including phenoxy) is 1. The van der Waals surface area contributed by atoms with Crippen LogP contribution in [0.2, 0.25) is 0 Å². The number of ketones is 1. The van der Waals surface area contributed by atoms with Crippen molar-refractivity contribution in [2.45, 2.75) is 64.6 Å². The van der Waals surface area contributed by atoms with Crippen molar-refractivity contribution < 1.29 is 9.53 Å². The molecule has 3 fully saturated rings. The minimum absolute atomic E-state index is 0.0344. The van der Waals surface area contributed by atoms with E-state index < -0.39 is 0 Å². The highest BCUT2D eigenvalue weighted by atomic mass is 16.6. The summed E-state index contributed by atoms with van der Waals surface area (Å²) in [6.07, 6.45) is 5.63. The molecule has 0 N–H and O–H groups in total. The van der Waals surface area contributed by atoms with Gasteiger partial charge in [0, 0.05) is 11.8 Å². The Bertz CT molecular complexity index is 336. The molecule has 1 heterocycles. The van der Waals surface area contributed by atoms with Gasteiger partial charge in [0.25, 0.3) is 0 Å². The summed E-state index contributed by atoms with van der Waals surface area (Å²) in [7, 11) is 0. The molecule has 1 spiro atoms. The van der Waals surface area contributed by atoms with Gasteiger partial charge >= 0.3 is 0 Å². The quantitative estimate of drug-likeness (QED) is 0.638. The fraction of sp³-hybridized carbons (Fsp3) is 0.929. The molecule has 90 valence electrons. The summed E-state index contributed by atoms with van der Waals surface area (Å²) in [4.78, 5) is 12.0. The van der Waals surface area contributed by atoms with E-state index in [1.807, 2.05) is 0 Å². The first kappa shape index (κ1) is 10.8. The molecule has 3 aliphatic rings. The van der Waals surface area contributed by atoms with Crippen LogP contribution in [0.1, 0.15) is 52.9 Å². The molecule has 0 amide bonds. The van der Waals surface area contributed by atoms with Gasteiger partial charge in [-0.3, -0.25) is 4.79 Å². The SMILES string of the molecule is CC(C)[C@H]1CC(=O)[C@H]2O[C@]23CCCC[C@]13C. The third-order valence-corrected chi connectivity index (χ3v) is 5.49. The van der Waals surface area contributed by atoms with E-state index in [2.05, 4.69) is 20.8 Å². The average molecular weight is 222 g/mol. The maximum absolute atomic E-state index is 12.0. The third-order valence-electron chi connectivity index (χ3n) is 5.49. The summed E-state index contributed by atoms with van der Waals surface area (Å²) in [5.41, 5.74) is 0.216. The molecule has 3 rings (SSSR count). The zero-order chi connectivity index (χ0) is 11.6. The Hall–Kier alpha value is -0.370. The smallest absolute Gasteiger partial charge is 0.164 e. The molecule has 2 saturated carbocycles. The van der Waals surface area contributed by atoms with Crippen LogP contribution in [0.5, 0.6) is 0 Å². The number of epoxide rings is 1. The normalized spacial score (nSPS) is 51.1. The molecule has 0 unspecified atom stereocenters. The van der Waals surface area contributed by atoms with E-state index in [9.17, 15) is 4.79 Å². The molecular formula is C14H22O2. The van der Waals surface area contributed by atoms with Crippen LogP contribution in [0, 0.1) is 17.3 Å². The van der Waals surface area contributed by atoms with Crippen LogP contribution in [-0.4, -0.2) is 17.5 Å².